The fraction of sp³-hybridized carbons (Fsp3) is 0.0952. The highest BCUT2D eigenvalue weighted by Crippen LogP contribution is 2.27. The maximum absolute atomic E-state index is 12.8. The van der Waals surface area contributed by atoms with Crippen LogP contribution in [0.1, 0.15) is 11.1 Å². The normalized spacial score (nSPS) is 12.7. The van der Waals surface area contributed by atoms with Crippen molar-refractivity contribution in [3.05, 3.63) is 77.9 Å². The van der Waals surface area contributed by atoms with E-state index >= 15 is 0 Å². The third-order valence-corrected chi connectivity index (χ3v) is 6.82. The van der Waals surface area contributed by atoms with E-state index in [-0.39, 0.29) is 32.3 Å². The minimum Gasteiger partial charge on any atom is -0.406 e. The maximum Gasteiger partial charge on any atom is 0.573 e. The smallest absolute Gasteiger partial charge is 0.406 e. The summed E-state index contributed by atoms with van der Waals surface area (Å²) >= 11 is 0. The van der Waals surface area contributed by atoms with Crippen LogP contribution in [0.3, 0.4) is 0 Å². The Balaban J connectivity index is 1.86. The highest BCUT2D eigenvalue weighted by atomic mass is 32.2. The molecule has 0 saturated heterocycles. The van der Waals surface area contributed by atoms with Crippen LogP contribution in [0, 0.1) is 5.41 Å². The third-order valence-electron chi connectivity index (χ3n) is 4.36. The topological polar surface area (TPSA) is 122 Å². The molecule has 0 aliphatic carbocycles. The van der Waals surface area contributed by atoms with Crippen molar-refractivity contribution < 1.29 is 30.5 Å². The fourth-order valence-corrected chi connectivity index (χ4v) is 5.23. The van der Waals surface area contributed by atoms with Crippen LogP contribution in [-0.2, 0) is 20.8 Å². The van der Waals surface area contributed by atoms with Crippen LogP contribution >= 0.6 is 0 Å². The number of benzene rings is 3. The second kappa shape index (κ2) is 9.24. The van der Waals surface area contributed by atoms with Crippen molar-refractivity contribution >= 4 is 37.9 Å². The third kappa shape index (κ3) is 6.11. The highest BCUT2D eigenvalue weighted by Gasteiger charge is 2.31. The summed E-state index contributed by atoms with van der Waals surface area (Å²) in [5.74, 6) is -0.428. The molecule has 3 aromatic rings. The van der Waals surface area contributed by atoms with Gasteiger partial charge in [0.2, 0.25) is 0 Å². The predicted octanol–water partition coefficient (Wildman–Crippen LogP) is 4.12. The number of rotatable bonds is 7. The summed E-state index contributed by atoms with van der Waals surface area (Å²) < 4.78 is 80.3. The molecule has 0 bridgehead atoms. The molecule has 0 radical (unpaired) electrons. The predicted molar refractivity (Wildman–Crippen MR) is 119 cm³/mol. The molecule has 0 spiro atoms. The summed E-state index contributed by atoms with van der Waals surface area (Å²) in [6, 6.07) is 15.0. The van der Waals surface area contributed by atoms with Crippen molar-refractivity contribution in [2.24, 2.45) is 0 Å². The lowest BCUT2D eigenvalue weighted by molar-refractivity contribution is -0.274. The van der Waals surface area contributed by atoms with Gasteiger partial charge < -0.3 is 15.2 Å². The SMILES string of the molecule is CS(=O)(=O)c1ccccc1S(=O)Nc1ccc(N)c(C(=N)c2ccc(OC(F)(F)F)cc2)c1. The molecule has 0 saturated carbocycles. The number of sulfone groups is 1. The van der Waals surface area contributed by atoms with Gasteiger partial charge in [0.25, 0.3) is 0 Å². The number of halogens is 3. The molecule has 0 aliphatic rings. The van der Waals surface area contributed by atoms with Crippen molar-refractivity contribution in [1.82, 2.24) is 0 Å². The average Bonchev–Trinajstić information content (AvgIpc) is 2.73. The number of ether oxygens (including phenoxy) is 1. The van der Waals surface area contributed by atoms with Crippen molar-refractivity contribution in [1.29, 1.82) is 5.41 Å². The van der Waals surface area contributed by atoms with Crippen LogP contribution in [0.2, 0.25) is 0 Å². The zero-order valence-electron chi connectivity index (χ0n) is 17.0. The standard InChI is InChI=1S/C21H18F3N3O4S2/c1-33(29,30)19-5-3-2-4-18(19)32(28)27-14-8-11-17(25)16(12-14)20(26)13-6-9-15(10-7-13)31-21(22,23)24/h2-12,26-27H,25H2,1H3. The first-order valence-electron chi connectivity index (χ1n) is 9.17. The molecule has 12 heteroatoms. The average molecular weight is 498 g/mol. The zero-order valence-corrected chi connectivity index (χ0v) is 18.6. The van der Waals surface area contributed by atoms with Crippen molar-refractivity contribution in [2.45, 2.75) is 16.2 Å². The summed E-state index contributed by atoms with van der Waals surface area (Å²) in [7, 11) is -5.56. The number of nitrogen functional groups attached to an aromatic ring is 1. The minimum absolute atomic E-state index is 0.0636. The van der Waals surface area contributed by atoms with Gasteiger partial charge in [-0.3, -0.25) is 5.41 Å². The minimum atomic E-state index is -4.83. The molecule has 0 aromatic heterocycles. The van der Waals surface area contributed by atoms with Gasteiger partial charge >= 0.3 is 6.36 Å². The molecule has 0 heterocycles. The van der Waals surface area contributed by atoms with Crippen LogP contribution in [0.4, 0.5) is 24.5 Å². The Hall–Kier alpha value is -3.38. The van der Waals surface area contributed by atoms with Crippen LogP contribution < -0.4 is 15.2 Å². The summed E-state index contributed by atoms with van der Waals surface area (Å²) in [5.41, 5.74) is 6.90. The first-order chi connectivity index (χ1) is 15.3. The van der Waals surface area contributed by atoms with Gasteiger partial charge in [-0.2, -0.15) is 0 Å². The van der Waals surface area contributed by atoms with E-state index in [9.17, 15) is 25.8 Å². The molecule has 3 rings (SSSR count). The van der Waals surface area contributed by atoms with Crippen molar-refractivity contribution in [3.8, 4) is 5.75 Å². The molecule has 0 amide bonds. The van der Waals surface area contributed by atoms with Crippen LogP contribution in [0.25, 0.3) is 0 Å². The van der Waals surface area contributed by atoms with Crippen molar-refractivity contribution in [3.63, 3.8) is 0 Å². The highest BCUT2D eigenvalue weighted by molar-refractivity contribution is 7.92. The molecule has 1 unspecified atom stereocenters. The molecular weight excluding hydrogens is 479 g/mol. The molecule has 3 aromatic carbocycles. The lowest BCUT2D eigenvalue weighted by atomic mass is 10.0. The molecular formula is C21H18F3N3O4S2. The Bertz CT molecular complexity index is 1330. The number of hydrogen-bond acceptors (Lipinski definition) is 6. The largest absolute Gasteiger partial charge is 0.573 e. The van der Waals surface area contributed by atoms with Crippen molar-refractivity contribution in [2.75, 3.05) is 16.7 Å². The molecule has 1 atom stereocenters. The summed E-state index contributed by atoms with van der Waals surface area (Å²) in [6.07, 6.45) is -3.82. The summed E-state index contributed by atoms with van der Waals surface area (Å²) in [5, 5.41) is 8.40. The van der Waals surface area contributed by atoms with Crippen LogP contribution in [0.5, 0.6) is 5.75 Å². The molecule has 4 N–H and O–H groups in total. The van der Waals surface area contributed by atoms with Gasteiger partial charge in [-0.1, -0.05) is 12.1 Å². The second-order valence-electron chi connectivity index (χ2n) is 6.84. The van der Waals surface area contributed by atoms with Crippen LogP contribution in [0.15, 0.2) is 76.5 Å². The van der Waals surface area contributed by atoms with E-state index in [1.807, 2.05) is 0 Å². The van der Waals surface area contributed by atoms with E-state index in [4.69, 9.17) is 11.1 Å². The molecule has 0 fully saturated rings. The molecule has 0 aliphatic heterocycles. The van der Waals surface area contributed by atoms with E-state index in [0.29, 0.717) is 5.69 Å². The first kappa shape index (κ1) is 24.3. The van der Waals surface area contributed by atoms with E-state index in [0.717, 1.165) is 18.4 Å². The Labute approximate surface area is 190 Å². The van der Waals surface area contributed by atoms with Gasteiger partial charge in [0, 0.05) is 28.8 Å². The summed E-state index contributed by atoms with van der Waals surface area (Å²) in [6.45, 7) is 0. The quantitative estimate of drug-likeness (QED) is 0.335. The van der Waals surface area contributed by atoms with Gasteiger partial charge in [-0.25, -0.2) is 12.6 Å². The fourth-order valence-electron chi connectivity index (χ4n) is 2.89. The molecule has 7 nitrogen and oxygen atoms in total. The van der Waals surface area contributed by atoms with Gasteiger partial charge in [0.05, 0.1) is 15.5 Å². The van der Waals surface area contributed by atoms with Gasteiger partial charge in [-0.15, -0.1) is 13.2 Å². The number of alkyl halides is 3. The monoisotopic (exact) mass is 497 g/mol. The van der Waals surface area contributed by atoms with E-state index < -0.39 is 32.9 Å². The van der Waals surface area contributed by atoms with Crippen LogP contribution in [-0.4, -0.2) is 31.0 Å². The number of hydrogen-bond donors (Lipinski definition) is 3. The Morgan fingerprint density at radius 3 is 2.30 bits per heavy atom. The lowest BCUT2D eigenvalue weighted by Crippen LogP contribution is -2.17. The van der Waals surface area contributed by atoms with E-state index in [2.05, 4.69) is 9.46 Å². The molecule has 174 valence electrons. The number of nitrogens with one attached hydrogen (secondary N) is 2. The summed E-state index contributed by atoms with van der Waals surface area (Å²) in [4.78, 5) is -0.0193. The first-order valence-corrected chi connectivity index (χ1v) is 12.2. The maximum atomic E-state index is 12.8. The lowest BCUT2D eigenvalue weighted by Gasteiger charge is -2.13. The van der Waals surface area contributed by atoms with E-state index in [1.54, 1.807) is 6.07 Å². The molecule has 33 heavy (non-hydrogen) atoms. The number of nitrogens with two attached hydrogens (primary N) is 1. The van der Waals surface area contributed by atoms with Gasteiger partial charge in [-0.05, 0) is 54.6 Å². The van der Waals surface area contributed by atoms with E-state index in [1.165, 1.54) is 48.5 Å². The van der Waals surface area contributed by atoms with Gasteiger partial charge in [0.15, 0.2) is 20.8 Å². The zero-order chi connectivity index (χ0) is 24.4. The Morgan fingerprint density at radius 2 is 1.70 bits per heavy atom. The Kier molecular flexibility index (Phi) is 6.79. The van der Waals surface area contributed by atoms with Gasteiger partial charge in [0.1, 0.15) is 5.75 Å². The second-order valence-corrected chi connectivity index (χ2v) is 10.0. The Morgan fingerprint density at radius 1 is 1.06 bits per heavy atom. The number of anilines is 2.